The van der Waals surface area contributed by atoms with Gasteiger partial charge in [0.15, 0.2) is 0 Å². The Hall–Kier alpha value is -0.860. The van der Waals surface area contributed by atoms with Crippen molar-refractivity contribution in [3.05, 3.63) is 35.2 Å². The molecule has 1 aliphatic rings. The van der Waals surface area contributed by atoms with Crippen LogP contribution in [0.25, 0.3) is 10.1 Å². The summed E-state index contributed by atoms with van der Waals surface area (Å²) in [7, 11) is 0. The van der Waals surface area contributed by atoms with E-state index in [4.69, 9.17) is 5.73 Å². The lowest BCUT2D eigenvalue weighted by atomic mass is 10.0. The standard InChI is InChI=1S/C12H13NS/c13-12(8-5-6-8)10-7-14-11-4-2-1-3-9(10)11/h1-4,7-8,12H,5-6,13H2/t12-/m0/s1. The fraction of sp³-hybridized carbons (Fsp3) is 0.333. The minimum atomic E-state index is 0.270. The summed E-state index contributed by atoms with van der Waals surface area (Å²) in [4.78, 5) is 0. The monoisotopic (exact) mass is 203 g/mol. The van der Waals surface area contributed by atoms with E-state index in [1.54, 1.807) is 0 Å². The van der Waals surface area contributed by atoms with E-state index < -0.39 is 0 Å². The largest absolute Gasteiger partial charge is 0.324 e. The predicted molar refractivity (Wildman–Crippen MR) is 61.5 cm³/mol. The maximum Gasteiger partial charge on any atom is 0.0346 e. The van der Waals surface area contributed by atoms with Gasteiger partial charge in [0.1, 0.15) is 0 Å². The van der Waals surface area contributed by atoms with Gasteiger partial charge in [-0.2, -0.15) is 0 Å². The zero-order chi connectivity index (χ0) is 9.54. The van der Waals surface area contributed by atoms with Gasteiger partial charge in [-0.1, -0.05) is 18.2 Å². The molecule has 1 aliphatic carbocycles. The molecule has 14 heavy (non-hydrogen) atoms. The second kappa shape index (κ2) is 3.07. The first-order valence-electron chi connectivity index (χ1n) is 5.08. The van der Waals surface area contributed by atoms with Gasteiger partial charge in [-0.15, -0.1) is 11.3 Å². The summed E-state index contributed by atoms with van der Waals surface area (Å²) in [6, 6.07) is 8.81. The number of rotatable bonds is 2. The van der Waals surface area contributed by atoms with Crippen LogP contribution in [-0.4, -0.2) is 0 Å². The molecule has 1 nitrogen and oxygen atoms in total. The highest BCUT2D eigenvalue weighted by molar-refractivity contribution is 7.17. The van der Waals surface area contributed by atoms with Gasteiger partial charge in [-0.3, -0.25) is 0 Å². The van der Waals surface area contributed by atoms with Crippen molar-refractivity contribution in [3.63, 3.8) is 0 Å². The van der Waals surface area contributed by atoms with E-state index >= 15 is 0 Å². The molecule has 1 saturated carbocycles. The summed E-state index contributed by atoms with van der Waals surface area (Å²) >= 11 is 1.81. The second-order valence-electron chi connectivity index (χ2n) is 4.05. The van der Waals surface area contributed by atoms with Gasteiger partial charge < -0.3 is 5.73 Å². The molecule has 2 heteroatoms. The van der Waals surface area contributed by atoms with Crippen LogP contribution in [0.5, 0.6) is 0 Å². The van der Waals surface area contributed by atoms with Crippen LogP contribution in [-0.2, 0) is 0 Å². The fourth-order valence-corrected chi connectivity index (χ4v) is 2.97. The van der Waals surface area contributed by atoms with Gasteiger partial charge in [-0.05, 0) is 41.2 Å². The Balaban J connectivity index is 2.11. The molecule has 1 fully saturated rings. The van der Waals surface area contributed by atoms with E-state index in [1.165, 1.54) is 28.5 Å². The van der Waals surface area contributed by atoms with Crippen LogP contribution < -0.4 is 5.73 Å². The molecule has 1 aromatic heterocycles. The van der Waals surface area contributed by atoms with Crippen molar-refractivity contribution in [1.29, 1.82) is 0 Å². The lowest BCUT2D eigenvalue weighted by molar-refractivity contribution is 0.640. The molecule has 0 aliphatic heterocycles. The van der Waals surface area contributed by atoms with Crippen LogP contribution in [0, 0.1) is 5.92 Å². The Kier molecular flexibility index (Phi) is 1.85. The average molecular weight is 203 g/mol. The minimum Gasteiger partial charge on any atom is -0.324 e. The summed E-state index contributed by atoms with van der Waals surface area (Å²) in [5, 5.41) is 3.59. The van der Waals surface area contributed by atoms with E-state index in [-0.39, 0.29) is 6.04 Å². The molecule has 1 aromatic carbocycles. The molecule has 0 unspecified atom stereocenters. The number of hydrogen-bond donors (Lipinski definition) is 1. The van der Waals surface area contributed by atoms with Crippen LogP contribution in [0.3, 0.4) is 0 Å². The molecule has 72 valence electrons. The van der Waals surface area contributed by atoms with Crippen LogP contribution in [0.1, 0.15) is 24.4 Å². The van der Waals surface area contributed by atoms with Gasteiger partial charge in [0.2, 0.25) is 0 Å². The molecule has 0 amide bonds. The molecule has 0 spiro atoms. The zero-order valence-electron chi connectivity index (χ0n) is 7.94. The third kappa shape index (κ3) is 1.26. The SMILES string of the molecule is N[C@H](c1csc2ccccc12)C1CC1. The Morgan fingerprint density at radius 2 is 2.07 bits per heavy atom. The van der Waals surface area contributed by atoms with Crippen LogP contribution in [0.2, 0.25) is 0 Å². The molecule has 2 N–H and O–H groups in total. The summed E-state index contributed by atoms with van der Waals surface area (Å²) < 4.78 is 1.36. The summed E-state index contributed by atoms with van der Waals surface area (Å²) in [6.07, 6.45) is 2.62. The Morgan fingerprint density at radius 1 is 1.29 bits per heavy atom. The van der Waals surface area contributed by atoms with Crippen LogP contribution in [0.4, 0.5) is 0 Å². The lowest BCUT2D eigenvalue weighted by Gasteiger charge is -2.08. The van der Waals surface area contributed by atoms with E-state index in [9.17, 15) is 0 Å². The number of benzene rings is 1. The Bertz CT molecular complexity index is 456. The van der Waals surface area contributed by atoms with Crippen LogP contribution >= 0.6 is 11.3 Å². The first-order chi connectivity index (χ1) is 6.86. The molecule has 2 aromatic rings. The van der Waals surface area contributed by atoms with Crippen molar-refractivity contribution in [2.24, 2.45) is 11.7 Å². The van der Waals surface area contributed by atoms with Crippen molar-refractivity contribution >= 4 is 21.4 Å². The third-order valence-electron chi connectivity index (χ3n) is 3.00. The lowest BCUT2D eigenvalue weighted by Crippen LogP contribution is -2.11. The maximum absolute atomic E-state index is 6.22. The highest BCUT2D eigenvalue weighted by Gasteiger charge is 2.30. The predicted octanol–water partition coefficient (Wildman–Crippen LogP) is 3.31. The molecular weight excluding hydrogens is 190 g/mol. The molecule has 3 rings (SSSR count). The van der Waals surface area contributed by atoms with Gasteiger partial charge in [0.05, 0.1) is 0 Å². The molecule has 1 atom stereocenters. The number of hydrogen-bond acceptors (Lipinski definition) is 2. The maximum atomic E-state index is 6.22. The van der Waals surface area contributed by atoms with E-state index in [0.29, 0.717) is 0 Å². The quantitative estimate of drug-likeness (QED) is 0.796. The summed E-state index contributed by atoms with van der Waals surface area (Å²) in [5.74, 6) is 0.744. The molecular formula is C12H13NS. The first kappa shape index (κ1) is 8.45. The van der Waals surface area contributed by atoms with Crippen LogP contribution in [0.15, 0.2) is 29.6 Å². The molecule has 0 bridgehead atoms. The van der Waals surface area contributed by atoms with E-state index in [1.807, 2.05) is 11.3 Å². The highest BCUT2D eigenvalue weighted by Crippen LogP contribution is 2.42. The topological polar surface area (TPSA) is 26.0 Å². The van der Waals surface area contributed by atoms with Crippen molar-refractivity contribution in [2.75, 3.05) is 0 Å². The van der Waals surface area contributed by atoms with Gasteiger partial charge in [-0.25, -0.2) is 0 Å². The molecule has 0 radical (unpaired) electrons. The number of nitrogens with two attached hydrogens (primary N) is 1. The highest BCUT2D eigenvalue weighted by atomic mass is 32.1. The van der Waals surface area contributed by atoms with E-state index in [2.05, 4.69) is 29.6 Å². The zero-order valence-corrected chi connectivity index (χ0v) is 8.76. The first-order valence-corrected chi connectivity index (χ1v) is 5.96. The normalized spacial score (nSPS) is 18.6. The average Bonchev–Trinajstić information content (AvgIpc) is 2.97. The number of thiophene rings is 1. The second-order valence-corrected chi connectivity index (χ2v) is 4.96. The van der Waals surface area contributed by atoms with Crippen molar-refractivity contribution < 1.29 is 0 Å². The van der Waals surface area contributed by atoms with Crippen molar-refractivity contribution in [1.82, 2.24) is 0 Å². The molecule has 1 heterocycles. The summed E-state index contributed by atoms with van der Waals surface area (Å²) in [5.41, 5.74) is 7.57. The smallest absolute Gasteiger partial charge is 0.0346 e. The van der Waals surface area contributed by atoms with Gasteiger partial charge >= 0.3 is 0 Å². The number of fused-ring (bicyclic) bond motifs is 1. The third-order valence-corrected chi connectivity index (χ3v) is 3.98. The van der Waals surface area contributed by atoms with Crippen molar-refractivity contribution in [2.45, 2.75) is 18.9 Å². The minimum absolute atomic E-state index is 0.270. The van der Waals surface area contributed by atoms with Gasteiger partial charge in [0, 0.05) is 10.7 Å². The summed E-state index contributed by atoms with van der Waals surface area (Å²) in [6.45, 7) is 0. The fourth-order valence-electron chi connectivity index (χ4n) is 1.97. The Morgan fingerprint density at radius 3 is 2.86 bits per heavy atom. The van der Waals surface area contributed by atoms with Crippen molar-refractivity contribution in [3.8, 4) is 0 Å². The van der Waals surface area contributed by atoms with E-state index in [0.717, 1.165) is 5.92 Å². The van der Waals surface area contributed by atoms with Gasteiger partial charge in [0.25, 0.3) is 0 Å². The Labute approximate surface area is 87.5 Å². The molecule has 0 saturated heterocycles.